The van der Waals surface area contributed by atoms with Gasteiger partial charge in [-0.1, -0.05) is 6.08 Å². The maximum atomic E-state index is 12.5. The molecule has 0 aromatic carbocycles. The van der Waals surface area contributed by atoms with E-state index in [4.69, 9.17) is 11.6 Å². The highest BCUT2D eigenvalue weighted by Crippen LogP contribution is 2.38. The summed E-state index contributed by atoms with van der Waals surface area (Å²) in [5, 5.41) is 1.33. The van der Waals surface area contributed by atoms with Crippen molar-refractivity contribution in [1.82, 2.24) is 0 Å². The quantitative estimate of drug-likeness (QED) is 0.343. The van der Waals surface area contributed by atoms with E-state index in [2.05, 4.69) is 0 Å². The molecule has 0 N–H and O–H groups in total. The van der Waals surface area contributed by atoms with Crippen LogP contribution in [0.1, 0.15) is 32.1 Å². The maximum absolute atomic E-state index is 12.5. The predicted molar refractivity (Wildman–Crippen MR) is 67.0 cm³/mol. The molecule has 1 nitrogen and oxygen atoms in total. The molecule has 1 atom stereocenters. The molecule has 0 spiro atoms. The van der Waals surface area contributed by atoms with Crippen molar-refractivity contribution in [3.8, 4) is 0 Å². The Morgan fingerprint density at radius 2 is 1.68 bits per heavy atom. The van der Waals surface area contributed by atoms with Gasteiger partial charge >= 0.3 is 12.1 Å². The van der Waals surface area contributed by atoms with Crippen molar-refractivity contribution in [1.29, 1.82) is 0 Å². The fourth-order valence-corrected chi connectivity index (χ4v) is 2.28. The van der Waals surface area contributed by atoms with Crippen LogP contribution in [0.15, 0.2) is 11.5 Å². The van der Waals surface area contributed by atoms with Crippen LogP contribution in [-0.4, -0.2) is 27.9 Å². The number of rotatable bonds is 9. The van der Waals surface area contributed by atoms with E-state index < -0.39 is 35.7 Å². The molecule has 0 saturated heterocycles. The second kappa shape index (κ2) is 8.89. The number of halogens is 6. The van der Waals surface area contributed by atoms with Crippen molar-refractivity contribution in [2.24, 2.45) is 0 Å². The summed E-state index contributed by atoms with van der Waals surface area (Å²) in [4.78, 5) is 0. The number of alkyl halides is 6. The highest BCUT2D eigenvalue weighted by Gasteiger charge is 2.56. The van der Waals surface area contributed by atoms with E-state index in [9.17, 15) is 26.2 Å². The molecule has 0 radical (unpaired) electrons. The van der Waals surface area contributed by atoms with Crippen LogP contribution in [0.3, 0.4) is 0 Å². The van der Waals surface area contributed by atoms with Crippen LogP contribution in [0, 0.1) is 0 Å². The van der Waals surface area contributed by atoms with Gasteiger partial charge in [0.1, 0.15) is 0 Å². The van der Waals surface area contributed by atoms with Crippen molar-refractivity contribution in [3.05, 3.63) is 11.5 Å². The summed E-state index contributed by atoms with van der Waals surface area (Å²) < 4.78 is 71.8. The van der Waals surface area contributed by atoms with Gasteiger partial charge in [-0.25, -0.2) is 0 Å². The summed E-state index contributed by atoms with van der Waals surface area (Å²) in [6, 6.07) is 0. The van der Waals surface area contributed by atoms with Gasteiger partial charge in [0.05, 0.1) is 0 Å². The first-order valence-electron chi connectivity index (χ1n) is 5.75. The molecule has 0 aromatic heterocycles. The van der Waals surface area contributed by atoms with Gasteiger partial charge in [0, 0.05) is 28.9 Å². The van der Waals surface area contributed by atoms with Gasteiger partial charge in [-0.15, -0.1) is 11.6 Å². The summed E-state index contributed by atoms with van der Waals surface area (Å²) in [5.74, 6) is -4.37. The minimum atomic E-state index is -5.54. The highest BCUT2D eigenvalue weighted by molar-refractivity contribution is 7.87. The third kappa shape index (κ3) is 8.57. The lowest BCUT2D eigenvalue weighted by molar-refractivity contribution is -0.284. The first-order valence-corrected chi connectivity index (χ1v) is 7.66. The molecule has 0 aliphatic carbocycles. The van der Waals surface area contributed by atoms with Crippen molar-refractivity contribution < 1.29 is 26.2 Å². The molecule has 0 rings (SSSR count). The molecular formula is C11H16ClF5OS. The number of hydrogen-bond donors (Lipinski definition) is 0. The smallest absolute Gasteiger partial charge is 0.255 e. The zero-order valence-electron chi connectivity index (χ0n) is 10.2. The van der Waals surface area contributed by atoms with Crippen LogP contribution in [-0.2, 0) is 10.8 Å². The number of hydrogen-bond acceptors (Lipinski definition) is 1. The second-order valence-corrected chi connectivity index (χ2v) is 5.77. The van der Waals surface area contributed by atoms with Gasteiger partial charge in [-0.3, -0.25) is 4.21 Å². The average Bonchev–Trinajstić information content (AvgIpc) is 2.27. The van der Waals surface area contributed by atoms with E-state index in [0.29, 0.717) is 12.3 Å². The predicted octanol–water partition coefficient (Wildman–Crippen LogP) is 4.64. The van der Waals surface area contributed by atoms with Crippen LogP contribution in [0.4, 0.5) is 22.0 Å². The number of unbranched alkanes of at least 4 members (excludes halogenated alkanes) is 2. The van der Waals surface area contributed by atoms with Gasteiger partial charge in [0.15, 0.2) is 0 Å². The average molecular weight is 327 g/mol. The van der Waals surface area contributed by atoms with E-state index in [1.54, 1.807) is 6.08 Å². The minimum Gasteiger partial charge on any atom is -0.255 e. The van der Waals surface area contributed by atoms with Crippen molar-refractivity contribution in [2.75, 3.05) is 11.6 Å². The van der Waals surface area contributed by atoms with Gasteiger partial charge in [0.2, 0.25) is 0 Å². The Kier molecular flexibility index (Phi) is 8.81. The Morgan fingerprint density at radius 1 is 1.05 bits per heavy atom. The topological polar surface area (TPSA) is 17.1 Å². The monoisotopic (exact) mass is 326 g/mol. The molecule has 1 unspecified atom stereocenters. The Morgan fingerprint density at radius 3 is 2.21 bits per heavy atom. The Bertz CT molecular complexity index is 304. The third-order valence-electron chi connectivity index (χ3n) is 2.25. The molecule has 0 amide bonds. The highest BCUT2D eigenvalue weighted by atomic mass is 35.5. The van der Waals surface area contributed by atoms with Gasteiger partial charge < -0.3 is 0 Å². The minimum absolute atomic E-state index is 0.197. The summed E-state index contributed by atoms with van der Waals surface area (Å²) in [6.07, 6.45) is -3.37. The van der Waals surface area contributed by atoms with E-state index in [1.165, 1.54) is 5.41 Å². The van der Waals surface area contributed by atoms with Crippen LogP contribution in [0.2, 0.25) is 0 Å². The molecule has 8 heteroatoms. The number of allylic oxidation sites excluding steroid dienone is 1. The van der Waals surface area contributed by atoms with E-state index >= 15 is 0 Å². The van der Waals surface area contributed by atoms with E-state index in [1.807, 2.05) is 0 Å². The molecule has 0 aliphatic heterocycles. The fourth-order valence-electron chi connectivity index (χ4n) is 1.18. The largest absolute Gasteiger partial charge is 0.453 e. The van der Waals surface area contributed by atoms with Crippen molar-refractivity contribution in [3.63, 3.8) is 0 Å². The molecule has 0 fully saturated rings. The molecule has 0 aliphatic rings. The van der Waals surface area contributed by atoms with Crippen LogP contribution in [0.5, 0.6) is 0 Å². The molecular weight excluding hydrogens is 311 g/mol. The Hall–Kier alpha value is -0.170. The fraction of sp³-hybridized carbons (Fsp3) is 0.818. The second-order valence-electron chi connectivity index (χ2n) is 3.95. The molecule has 114 valence electrons. The summed E-state index contributed by atoms with van der Waals surface area (Å²) in [5.41, 5.74) is 0. The molecule has 0 bridgehead atoms. The van der Waals surface area contributed by atoms with E-state index in [0.717, 1.165) is 12.8 Å². The van der Waals surface area contributed by atoms with Crippen LogP contribution in [0.25, 0.3) is 0 Å². The third-order valence-corrected chi connectivity index (χ3v) is 3.71. The Balaban J connectivity index is 3.86. The van der Waals surface area contributed by atoms with Gasteiger partial charge in [-0.2, -0.15) is 22.0 Å². The summed E-state index contributed by atoms with van der Waals surface area (Å²) in [6.45, 7) is 0. The lowest BCUT2D eigenvalue weighted by Crippen LogP contribution is -2.36. The molecule has 0 aromatic rings. The molecule has 0 heterocycles. The standard InChI is InChI=1S/C11H16ClF5OS/c12-7-3-1-2-4-8-19(18)9-5-6-10(13,14)11(15,16)17/h4,8H,1-3,5-7,9H2/b8-4+. The van der Waals surface area contributed by atoms with Crippen molar-refractivity contribution >= 4 is 22.4 Å². The zero-order valence-corrected chi connectivity index (χ0v) is 11.8. The van der Waals surface area contributed by atoms with Crippen LogP contribution < -0.4 is 0 Å². The maximum Gasteiger partial charge on any atom is 0.453 e. The lowest BCUT2D eigenvalue weighted by Gasteiger charge is -2.18. The van der Waals surface area contributed by atoms with Gasteiger partial charge in [-0.05, 0) is 31.1 Å². The Labute approximate surface area is 116 Å². The zero-order chi connectivity index (χ0) is 14.9. The molecule has 0 saturated carbocycles. The summed E-state index contributed by atoms with van der Waals surface area (Å²) in [7, 11) is -1.50. The first kappa shape index (κ1) is 18.8. The van der Waals surface area contributed by atoms with E-state index in [-0.39, 0.29) is 5.75 Å². The van der Waals surface area contributed by atoms with Crippen LogP contribution >= 0.6 is 11.6 Å². The van der Waals surface area contributed by atoms with Gasteiger partial charge in [0.25, 0.3) is 0 Å². The summed E-state index contributed by atoms with van der Waals surface area (Å²) >= 11 is 5.44. The SMILES string of the molecule is O=S(/C=C/CCCCCl)CCCC(F)(F)C(F)(F)F. The first-order chi connectivity index (χ1) is 8.70. The normalized spacial score (nSPS) is 15.1. The van der Waals surface area contributed by atoms with Crippen molar-refractivity contribution in [2.45, 2.75) is 44.2 Å². The lowest BCUT2D eigenvalue weighted by atomic mass is 10.2. The molecule has 19 heavy (non-hydrogen) atoms.